The summed E-state index contributed by atoms with van der Waals surface area (Å²) < 4.78 is 0. The summed E-state index contributed by atoms with van der Waals surface area (Å²) in [6, 6.07) is 0.403. The van der Waals surface area contributed by atoms with Crippen LogP contribution in [0.15, 0.2) is 4.99 Å². The van der Waals surface area contributed by atoms with Gasteiger partial charge in [0, 0.05) is 38.6 Å². The molecule has 2 N–H and O–H groups in total. The summed E-state index contributed by atoms with van der Waals surface area (Å²) in [4.78, 5) is 18.3. The molecule has 0 bridgehead atoms. The maximum atomic E-state index is 12.0. The number of halogens is 1. The fourth-order valence-electron chi connectivity index (χ4n) is 2.82. The molecule has 1 saturated heterocycles. The number of nitrogens with zero attached hydrogens (tertiary/aromatic N) is 2. The Morgan fingerprint density at radius 1 is 1.25 bits per heavy atom. The van der Waals surface area contributed by atoms with E-state index in [1.165, 1.54) is 6.42 Å². The Balaban J connectivity index is 0.00000529. The average Bonchev–Trinajstić information content (AvgIpc) is 2.49. The Hall–Kier alpha value is -0.530. The Bertz CT molecular complexity index is 396. The van der Waals surface area contributed by atoms with Gasteiger partial charge in [-0.15, -0.1) is 24.0 Å². The van der Waals surface area contributed by atoms with E-state index in [1.807, 2.05) is 25.8 Å². The van der Waals surface area contributed by atoms with Crippen molar-refractivity contribution in [1.82, 2.24) is 15.5 Å². The van der Waals surface area contributed by atoms with Gasteiger partial charge in [-0.2, -0.15) is 0 Å². The molecule has 1 aliphatic rings. The molecule has 24 heavy (non-hydrogen) atoms. The maximum Gasteiger partial charge on any atom is 0.225 e. The van der Waals surface area contributed by atoms with Gasteiger partial charge in [0.2, 0.25) is 5.91 Å². The monoisotopic (exact) mass is 452 g/mol. The number of aliphatic imine (C=N–C) groups is 1. The van der Waals surface area contributed by atoms with Crippen LogP contribution in [0.25, 0.3) is 0 Å². The van der Waals surface area contributed by atoms with Crippen LogP contribution in [-0.4, -0.2) is 49.5 Å². The first-order valence-corrected chi connectivity index (χ1v) is 8.99. The maximum absolute atomic E-state index is 12.0. The topological polar surface area (TPSA) is 56.7 Å². The van der Waals surface area contributed by atoms with Gasteiger partial charge in [0.05, 0.1) is 0 Å². The lowest BCUT2D eigenvalue weighted by atomic mass is 9.91. The highest BCUT2D eigenvalue weighted by atomic mass is 127. The van der Waals surface area contributed by atoms with Crippen LogP contribution in [0.4, 0.5) is 0 Å². The van der Waals surface area contributed by atoms with Gasteiger partial charge in [0.25, 0.3) is 0 Å². The summed E-state index contributed by atoms with van der Waals surface area (Å²) in [5.41, 5.74) is 0.383. The lowest BCUT2D eigenvalue weighted by molar-refractivity contribution is -0.135. The second-order valence-corrected chi connectivity index (χ2v) is 8.06. The molecule has 0 atom stereocenters. The minimum atomic E-state index is 0. The summed E-state index contributed by atoms with van der Waals surface area (Å²) in [7, 11) is 1.82. The number of rotatable bonds is 5. The van der Waals surface area contributed by atoms with E-state index in [0.29, 0.717) is 11.5 Å². The van der Waals surface area contributed by atoms with Crippen LogP contribution in [0.2, 0.25) is 0 Å². The number of guanidine groups is 1. The lowest BCUT2D eigenvalue weighted by Crippen LogP contribution is -2.50. The predicted molar refractivity (Wildman–Crippen MR) is 113 cm³/mol. The zero-order valence-corrected chi connectivity index (χ0v) is 18.6. The van der Waals surface area contributed by atoms with Gasteiger partial charge in [-0.3, -0.25) is 9.79 Å². The molecular weight excluding hydrogens is 415 g/mol. The van der Waals surface area contributed by atoms with Gasteiger partial charge in [0.1, 0.15) is 0 Å². The number of amides is 1. The molecule has 0 aliphatic carbocycles. The van der Waals surface area contributed by atoms with Gasteiger partial charge in [0.15, 0.2) is 5.96 Å². The highest BCUT2D eigenvalue weighted by Gasteiger charge is 2.24. The third kappa shape index (κ3) is 9.08. The Kier molecular flexibility index (Phi) is 10.9. The zero-order valence-electron chi connectivity index (χ0n) is 16.3. The number of piperidine rings is 1. The van der Waals surface area contributed by atoms with E-state index >= 15 is 0 Å². The van der Waals surface area contributed by atoms with Gasteiger partial charge >= 0.3 is 0 Å². The molecule has 0 aromatic carbocycles. The predicted octanol–water partition coefficient (Wildman–Crippen LogP) is 3.24. The third-order valence-electron chi connectivity index (χ3n) is 4.26. The highest BCUT2D eigenvalue weighted by Crippen LogP contribution is 2.19. The Labute approximate surface area is 165 Å². The number of likely N-dealkylation sites (tertiary alicyclic amines) is 1. The molecule has 6 heteroatoms. The van der Waals surface area contributed by atoms with Crippen molar-refractivity contribution in [2.24, 2.45) is 16.3 Å². The molecule has 0 spiro atoms. The van der Waals surface area contributed by atoms with E-state index in [0.717, 1.165) is 44.9 Å². The molecule has 1 fully saturated rings. The minimum absolute atomic E-state index is 0. The number of carbonyl (C=O) groups is 1. The van der Waals surface area contributed by atoms with E-state index in [1.54, 1.807) is 0 Å². The highest BCUT2D eigenvalue weighted by molar-refractivity contribution is 14.0. The van der Waals surface area contributed by atoms with E-state index in [2.05, 4.69) is 36.4 Å². The number of carbonyl (C=O) groups excluding carboxylic acids is 1. The second-order valence-electron chi connectivity index (χ2n) is 8.06. The summed E-state index contributed by atoms with van der Waals surface area (Å²) in [5, 5.41) is 6.89. The molecule has 0 aromatic heterocycles. The number of nitrogens with one attached hydrogen (secondary N) is 2. The molecule has 1 aliphatic heterocycles. The number of hydrogen-bond acceptors (Lipinski definition) is 2. The smallest absolute Gasteiger partial charge is 0.225 e. The van der Waals surface area contributed by atoms with Crippen LogP contribution in [0.3, 0.4) is 0 Å². The lowest BCUT2D eigenvalue weighted by Gasteiger charge is -2.34. The average molecular weight is 452 g/mol. The van der Waals surface area contributed by atoms with E-state index in [9.17, 15) is 4.79 Å². The Morgan fingerprint density at radius 2 is 1.83 bits per heavy atom. The molecular formula is C18H37IN4O. The van der Waals surface area contributed by atoms with Gasteiger partial charge in [-0.1, -0.05) is 34.6 Å². The van der Waals surface area contributed by atoms with Crippen LogP contribution in [-0.2, 0) is 4.79 Å². The summed E-state index contributed by atoms with van der Waals surface area (Å²) in [5.74, 6) is 1.25. The summed E-state index contributed by atoms with van der Waals surface area (Å²) in [6.45, 7) is 13.4. The van der Waals surface area contributed by atoms with E-state index in [-0.39, 0.29) is 35.8 Å². The first kappa shape index (κ1) is 23.5. The van der Waals surface area contributed by atoms with Crippen LogP contribution in [0.5, 0.6) is 0 Å². The van der Waals surface area contributed by atoms with Crippen molar-refractivity contribution >= 4 is 35.8 Å². The fraction of sp³-hybridized carbons (Fsp3) is 0.889. The van der Waals surface area contributed by atoms with Crippen molar-refractivity contribution in [3.05, 3.63) is 0 Å². The van der Waals surface area contributed by atoms with Crippen LogP contribution in [0.1, 0.15) is 60.3 Å². The molecule has 0 aromatic rings. The molecule has 1 heterocycles. The van der Waals surface area contributed by atoms with Crippen molar-refractivity contribution in [2.45, 2.75) is 66.3 Å². The van der Waals surface area contributed by atoms with Gasteiger partial charge in [-0.05, 0) is 31.1 Å². The largest absolute Gasteiger partial charge is 0.356 e. The van der Waals surface area contributed by atoms with Gasteiger partial charge in [-0.25, -0.2) is 0 Å². The molecule has 0 radical (unpaired) electrons. The first-order chi connectivity index (χ1) is 10.7. The molecule has 0 saturated carbocycles. The van der Waals surface area contributed by atoms with Crippen LogP contribution in [0, 0.1) is 11.3 Å². The summed E-state index contributed by atoms with van der Waals surface area (Å²) >= 11 is 0. The van der Waals surface area contributed by atoms with E-state index < -0.39 is 0 Å². The van der Waals surface area contributed by atoms with Gasteiger partial charge < -0.3 is 15.5 Å². The normalized spacial score (nSPS) is 16.8. The van der Waals surface area contributed by atoms with Crippen molar-refractivity contribution in [2.75, 3.05) is 26.7 Å². The van der Waals surface area contributed by atoms with Crippen LogP contribution >= 0.6 is 24.0 Å². The fourth-order valence-corrected chi connectivity index (χ4v) is 2.82. The summed E-state index contributed by atoms with van der Waals surface area (Å²) in [6.07, 6.45) is 4.32. The molecule has 1 rings (SSSR count). The third-order valence-corrected chi connectivity index (χ3v) is 4.26. The number of hydrogen-bond donors (Lipinski definition) is 2. The molecule has 0 unspecified atom stereocenters. The standard InChI is InChI=1S/C18H36N4O.HI/c1-14(2)16(23)22-12-8-15(9-13-22)21-17(19-6)20-11-7-10-18(3,4)5;/h14-15H,7-13H2,1-6H3,(H2,19,20,21);1H. The van der Waals surface area contributed by atoms with E-state index in [4.69, 9.17) is 0 Å². The van der Waals surface area contributed by atoms with Crippen molar-refractivity contribution in [3.63, 3.8) is 0 Å². The SMILES string of the molecule is CN=C(NCCCC(C)(C)C)NC1CCN(C(=O)C(C)C)CC1.I. The van der Waals surface area contributed by atoms with Crippen molar-refractivity contribution < 1.29 is 4.79 Å². The first-order valence-electron chi connectivity index (χ1n) is 8.99. The quantitative estimate of drug-likeness (QED) is 0.292. The second kappa shape index (κ2) is 11.2. The van der Waals surface area contributed by atoms with Crippen molar-refractivity contribution in [1.29, 1.82) is 0 Å². The van der Waals surface area contributed by atoms with Crippen LogP contribution < -0.4 is 10.6 Å². The zero-order chi connectivity index (χ0) is 17.5. The molecule has 142 valence electrons. The molecule has 1 amide bonds. The van der Waals surface area contributed by atoms with Crippen molar-refractivity contribution in [3.8, 4) is 0 Å². The Morgan fingerprint density at radius 3 is 2.29 bits per heavy atom. The minimum Gasteiger partial charge on any atom is -0.356 e. The molecule has 5 nitrogen and oxygen atoms in total.